The Kier molecular flexibility index (Phi) is 10.6. The minimum atomic E-state index is 0.928. The maximum Gasteiger partial charge on any atom is -0.0332 e. The second kappa shape index (κ2) is 12.1. The molecular formula is C29H56. The van der Waals surface area contributed by atoms with Gasteiger partial charge in [-0.1, -0.05) is 107 Å². The summed E-state index contributed by atoms with van der Waals surface area (Å²) >= 11 is 0. The van der Waals surface area contributed by atoms with Gasteiger partial charge in [-0.25, -0.2) is 0 Å². The van der Waals surface area contributed by atoms with Crippen molar-refractivity contribution in [3.63, 3.8) is 0 Å². The molecule has 172 valence electrons. The van der Waals surface area contributed by atoms with E-state index >= 15 is 0 Å². The minimum Gasteiger partial charge on any atom is -0.0654 e. The molecule has 8 atom stereocenters. The van der Waals surface area contributed by atoms with Crippen LogP contribution in [0.5, 0.6) is 0 Å². The third-order valence-corrected chi connectivity index (χ3v) is 10.2. The molecule has 2 fully saturated rings. The van der Waals surface area contributed by atoms with Crippen molar-refractivity contribution >= 4 is 0 Å². The van der Waals surface area contributed by atoms with Crippen LogP contribution in [0.3, 0.4) is 0 Å². The van der Waals surface area contributed by atoms with Crippen LogP contribution < -0.4 is 0 Å². The van der Waals surface area contributed by atoms with Crippen LogP contribution in [0.2, 0.25) is 0 Å². The Morgan fingerprint density at radius 2 is 1.41 bits per heavy atom. The minimum absolute atomic E-state index is 0.928. The molecule has 0 aromatic heterocycles. The summed E-state index contributed by atoms with van der Waals surface area (Å²) in [6, 6.07) is 0. The van der Waals surface area contributed by atoms with Crippen molar-refractivity contribution in [2.45, 2.75) is 126 Å². The maximum atomic E-state index is 2.57. The van der Waals surface area contributed by atoms with Crippen molar-refractivity contribution in [3.8, 4) is 0 Å². The third-order valence-electron chi connectivity index (χ3n) is 10.2. The summed E-state index contributed by atoms with van der Waals surface area (Å²) in [4.78, 5) is 0. The van der Waals surface area contributed by atoms with E-state index in [0.717, 1.165) is 59.2 Å². The molecule has 8 unspecified atom stereocenters. The molecule has 0 aromatic rings. The van der Waals surface area contributed by atoms with Gasteiger partial charge < -0.3 is 0 Å². The van der Waals surface area contributed by atoms with E-state index < -0.39 is 0 Å². The monoisotopic (exact) mass is 404 g/mol. The molecule has 0 heterocycles. The van der Waals surface area contributed by atoms with Crippen LogP contribution in [0.4, 0.5) is 0 Å². The predicted octanol–water partition coefficient (Wildman–Crippen LogP) is 9.63. The van der Waals surface area contributed by atoms with E-state index in [1.54, 1.807) is 0 Å². The molecule has 0 heteroatoms. The van der Waals surface area contributed by atoms with Gasteiger partial charge >= 0.3 is 0 Å². The Morgan fingerprint density at radius 1 is 0.793 bits per heavy atom. The fraction of sp³-hybridized carbons (Fsp3) is 1.00. The molecule has 0 nitrogen and oxygen atoms in total. The first-order chi connectivity index (χ1) is 13.8. The molecule has 2 rings (SSSR count). The second-order valence-electron chi connectivity index (χ2n) is 11.9. The third kappa shape index (κ3) is 6.49. The van der Waals surface area contributed by atoms with Crippen LogP contribution in [-0.2, 0) is 0 Å². The standard InChI is InChI=1S/C29H56/c1-9-13-27-17-16-20(4)28(27)19-26(11-3)15-12-14-25(10-2)18-21(5)29-23(7)22(6)24(29)8/h20-29H,9-19H2,1-8H3. The molecule has 0 aliphatic heterocycles. The smallest absolute Gasteiger partial charge is 0.0332 e. The first-order valence-electron chi connectivity index (χ1n) is 13.8. The Labute approximate surface area is 185 Å². The average Bonchev–Trinajstić information content (AvgIpc) is 3.05. The summed E-state index contributed by atoms with van der Waals surface area (Å²) in [7, 11) is 0. The first-order valence-corrected chi connectivity index (χ1v) is 13.8. The second-order valence-corrected chi connectivity index (χ2v) is 11.9. The summed E-state index contributed by atoms with van der Waals surface area (Å²) < 4.78 is 0. The first kappa shape index (κ1) is 25.3. The Balaban J connectivity index is 1.75. The van der Waals surface area contributed by atoms with Gasteiger partial charge in [0.25, 0.3) is 0 Å². The molecule has 0 amide bonds. The summed E-state index contributed by atoms with van der Waals surface area (Å²) in [5, 5.41) is 0. The van der Waals surface area contributed by atoms with Crippen LogP contribution >= 0.6 is 0 Å². The molecule has 0 spiro atoms. The highest BCUT2D eigenvalue weighted by Crippen LogP contribution is 2.51. The van der Waals surface area contributed by atoms with E-state index in [1.807, 2.05) is 0 Å². The zero-order valence-corrected chi connectivity index (χ0v) is 21.6. The molecule has 2 aliphatic carbocycles. The predicted molar refractivity (Wildman–Crippen MR) is 131 cm³/mol. The van der Waals surface area contributed by atoms with Gasteiger partial charge in [0.1, 0.15) is 0 Å². The van der Waals surface area contributed by atoms with Gasteiger partial charge in [-0.2, -0.15) is 0 Å². The molecule has 2 saturated carbocycles. The lowest BCUT2D eigenvalue weighted by molar-refractivity contribution is -0.0298. The Bertz CT molecular complexity index is 427. The molecule has 0 radical (unpaired) electrons. The fourth-order valence-corrected chi connectivity index (χ4v) is 7.81. The van der Waals surface area contributed by atoms with Gasteiger partial charge in [0, 0.05) is 0 Å². The molecule has 0 saturated heterocycles. The van der Waals surface area contributed by atoms with Gasteiger partial charge in [0.15, 0.2) is 0 Å². The molecular weight excluding hydrogens is 348 g/mol. The van der Waals surface area contributed by atoms with Crippen molar-refractivity contribution in [2.24, 2.45) is 59.2 Å². The van der Waals surface area contributed by atoms with Crippen LogP contribution in [0, 0.1) is 59.2 Å². The highest BCUT2D eigenvalue weighted by atomic mass is 14.5. The topological polar surface area (TPSA) is 0 Å². The summed E-state index contributed by atoms with van der Waals surface area (Å²) in [6.45, 7) is 19.9. The normalized spacial score (nSPS) is 37.9. The zero-order chi connectivity index (χ0) is 21.6. The molecule has 29 heavy (non-hydrogen) atoms. The van der Waals surface area contributed by atoms with Crippen molar-refractivity contribution in [2.75, 3.05) is 0 Å². The highest BCUT2D eigenvalue weighted by Gasteiger charge is 2.44. The number of hydrogen-bond donors (Lipinski definition) is 0. The van der Waals surface area contributed by atoms with Crippen LogP contribution in [-0.4, -0.2) is 0 Å². The van der Waals surface area contributed by atoms with Crippen LogP contribution in [0.1, 0.15) is 126 Å². The van der Waals surface area contributed by atoms with Crippen molar-refractivity contribution < 1.29 is 0 Å². The summed E-state index contributed by atoms with van der Waals surface area (Å²) in [5.74, 6) is 9.78. The quantitative estimate of drug-likeness (QED) is 0.286. The molecule has 0 aromatic carbocycles. The summed E-state index contributed by atoms with van der Waals surface area (Å²) in [6.07, 6.45) is 16.2. The number of hydrogen-bond acceptors (Lipinski definition) is 0. The van der Waals surface area contributed by atoms with Crippen molar-refractivity contribution in [1.29, 1.82) is 0 Å². The zero-order valence-electron chi connectivity index (χ0n) is 21.6. The van der Waals surface area contributed by atoms with E-state index in [2.05, 4.69) is 55.4 Å². The fourth-order valence-electron chi connectivity index (χ4n) is 7.81. The average molecular weight is 405 g/mol. The van der Waals surface area contributed by atoms with Gasteiger partial charge in [-0.15, -0.1) is 0 Å². The van der Waals surface area contributed by atoms with E-state index in [4.69, 9.17) is 0 Å². The highest BCUT2D eigenvalue weighted by molar-refractivity contribution is 4.93. The van der Waals surface area contributed by atoms with Crippen molar-refractivity contribution in [1.82, 2.24) is 0 Å². The van der Waals surface area contributed by atoms with Crippen molar-refractivity contribution in [3.05, 3.63) is 0 Å². The lowest BCUT2D eigenvalue weighted by Crippen LogP contribution is -2.45. The van der Waals surface area contributed by atoms with Gasteiger partial charge in [-0.3, -0.25) is 0 Å². The Morgan fingerprint density at radius 3 is 2.00 bits per heavy atom. The van der Waals surface area contributed by atoms with Crippen LogP contribution in [0.25, 0.3) is 0 Å². The van der Waals surface area contributed by atoms with Gasteiger partial charge in [-0.05, 0) is 78.4 Å². The van der Waals surface area contributed by atoms with E-state index in [9.17, 15) is 0 Å². The lowest BCUT2D eigenvalue weighted by atomic mass is 9.54. The maximum absolute atomic E-state index is 2.57. The van der Waals surface area contributed by atoms with Crippen LogP contribution in [0.15, 0.2) is 0 Å². The largest absolute Gasteiger partial charge is 0.0654 e. The SMILES string of the molecule is CCCC1CCC(C)C1CC(CC)CCCC(CC)CC(C)C1C(C)C(C)C1C. The van der Waals surface area contributed by atoms with Gasteiger partial charge in [0.2, 0.25) is 0 Å². The van der Waals surface area contributed by atoms with E-state index in [-0.39, 0.29) is 0 Å². The molecule has 2 aliphatic rings. The lowest BCUT2D eigenvalue weighted by Gasteiger charge is -2.51. The van der Waals surface area contributed by atoms with Gasteiger partial charge in [0.05, 0.1) is 0 Å². The Hall–Kier alpha value is 0. The molecule has 0 N–H and O–H groups in total. The number of rotatable bonds is 13. The van der Waals surface area contributed by atoms with E-state index in [0.29, 0.717) is 0 Å². The van der Waals surface area contributed by atoms with E-state index in [1.165, 1.54) is 70.6 Å². The summed E-state index contributed by atoms with van der Waals surface area (Å²) in [5.41, 5.74) is 0. The molecule has 0 bridgehead atoms.